The molecule has 3 heterocycles. The lowest BCUT2D eigenvalue weighted by molar-refractivity contribution is 0.129. The number of nitrogens with zero attached hydrogens (tertiary/aromatic N) is 4. The van der Waals surface area contributed by atoms with Crippen molar-refractivity contribution in [2.75, 3.05) is 13.1 Å². The van der Waals surface area contributed by atoms with E-state index in [1.165, 1.54) is 10.5 Å². The van der Waals surface area contributed by atoms with Gasteiger partial charge in [0.25, 0.3) is 10.0 Å². The highest BCUT2D eigenvalue weighted by Gasteiger charge is 2.33. The zero-order valence-corrected chi connectivity index (χ0v) is 15.7. The minimum absolute atomic E-state index is 0.0730. The van der Waals surface area contributed by atoms with E-state index in [1.807, 2.05) is 13.8 Å². The molecule has 0 aliphatic carbocycles. The molecular weight excluding hydrogens is 364 g/mol. The van der Waals surface area contributed by atoms with Crippen LogP contribution < -0.4 is 4.74 Å². The molecule has 1 aliphatic rings. The highest BCUT2D eigenvalue weighted by Crippen LogP contribution is 2.27. The van der Waals surface area contributed by atoms with E-state index in [4.69, 9.17) is 16.3 Å². The standard InChI is InChI=1S/C16H21ClN4O3S/c1-12(2)20-10-16(19-11-20)25(22,23)21-7-3-4-13(9-21)24-15-5-6-18-8-14(15)17/h5-6,8,10-13H,3-4,7,9H2,1-2H3. The van der Waals surface area contributed by atoms with E-state index in [0.717, 1.165) is 12.8 Å². The summed E-state index contributed by atoms with van der Waals surface area (Å²) < 4.78 is 34.8. The van der Waals surface area contributed by atoms with Gasteiger partial charge in [0.1, 0.15) is 16.9 Å². The highest BCUT2D eigenvalue weighted by atomic mass is 35.5. The van der Waals surface area contributed by atoms with Crippen LogP contribution in [0.4, 0.5) is 0 Å². The SMILES string of the molecule is CC(C)n1cnc(S(=O)(=O)N2CCCC(Oc3ccncc3Cl)C2)c1. The highest BCUT2D eigenvalue weighted by molar-refractivity contribution is 7.89. The lowest BCUT2D eigenvalue weighted by Crippen LogP contribution is -2.44. The van der Waals surface area contributed by atoms with Crippen molar-refractivity contribution in [3.8, 4) is 5.75 Å². The molecule has 0 saturated carbocycles. The van der Waals surface area contributed by atoms with E-state index in [0.29, 0.717) is 17.3 Å². The Hall–Kier alpha value is -1.64. The Morgan fingerprint density at radius 3 is 2.88 bits per heavy atom. The molecule has 0 bridgehead atoms. The number of imidazole rings is 1. The predicted octanol–water partition coefficient (Wildman–Crippen LogP) is 2.74. The first kappa shape index (κ1) is 18.2. The van der Waals surface area contributed by atoms with Gasteiger partial charge in [-0.1, -0.05) is 11.6 Å². The minimum atomic E-state index is -3.63. The van der Waals surface area contributed by atoms with Gasteiger partial charge in [0.15, 0.2) is 5.03 Å². The first-order valence-electron chi connectivity index (χ1n) is 8.17. The smallest absolute Gasteiger partial charge is 0.262 e. The fraction of sp³-hybridized carbons (Fsp3) is 0.500. The molecule has 2 aromatic rings. The maximum atomic E-state index is 12.8. The van der Waals surface area contributed by atoms with E-state index in [-0.39, 0.29) is 23.7 Å². The van der Waals surface area contributed by atoms with Crippen molar-refractivity contribution in [1.82, 2.24) is 18.8 Å². The second-order valence-corrected chi connectivity index (χ2v) is 8.60. The Balaban J connectivity index is 1.74. The second kappa shape index (κ2) is 7.31. The average Bonchev–Trinajstić information content (AvgIpc) is 3.08. The molecule has 2 aromatic heterocycles. The van der Waals surface area contributed by atoms with Gasteiger partial charge in [-0.25, -0.2) is 13.4 Å². The number of ether oxygens (including phenoxy) is 1. The monoisotopic (exact) mass is 384 g/mol. The van der Waals surface area contributed by atoms with Crippen molar-refractivity contribution in [1.29, 1.82) is 0 Å². The number of rotatable bonds is 5. The summed E-state index contributed by atoms with van der Waals surface area (Å²) in [4.78, 5) is 7.99. The average molecular weight is 385 g/mol. The first-order valence-corrected chi connectivity index (χ1v) is 9.99. The molecule has 0 spiro atoms. The third kappa shape index (κ3) is 3.96. The fourth-order valence-electron chi connectivity index (χ4n) is 2.72. The van der Waals surface area contributed by atoms with Crippen LogP contribution in [0.15, 0.2) is 36.0 Å². The Bertz CT molecular complexity index is 837. The molecule has 0 aromatic carbocycles. The molecule has 1 aliphatic heterocycles. The van der Waals surface area contributed by atoms with Crippen LogP contribution in [0.1, 0.15) is 32.7 Å². The summed E-state index contributed by atoms with van der Waals surface area (Å²) >= 11 is 6.07. The number of hydrogen-bond donors (Lipinski definition) is 0. The van der Waals surface area contributed by atoms with Gasteiger partial charge in [0, 0.05) is 37.2 Å². The molecule has 1 unspecified atom stereocenters. The molecule has 25 heavy (non-hydrogen) atoms. The summed E-state index contributed by atoms with van der Waals surface area (Å²) in [6, 6.07) is 1.84. The fourth-order valence-corrected chi connectivity index (χ4v) is 4.32. The normalized spacial score (nSPS) is 19.3. The van der Waals surface area contributed by atoms with Gasteiger partial charge >= 0.3 is 0 Å². The van der Waals surface area contributed by atoms with Crippen LogP contribution in [-0.2, 0) is 10.0 Å². The van der Waals surface area contributed by atoms with Gasteiger partial charge in [-0.15, -0.1) is 0 Å². The summed E-state index contributed by atoms with van der Waals surface area (Å²) in [6.45, 7) is 4.68. The number of sulfonamides is 1. The summed E-state index contributed by atoms with van der Waals surface area (Å²) in [5.41, 5.74) is 0. The van der Waals surface area contributed by atoms with Crippen molar-refractivity contribution in [3.05, 3.63) is 36.0 Å². The Kier molecular flexibility index (Phi) is 5.31. The molecule has 136 valence electrons. The van der Waals surface area contributed by atoms with Crippen LogP contribution in [-0.4, -0.2) is 46.5 Å². The molecule has 1 fully saturated rings. The minimum Gasteiger partial charge on any atom is -0.487 e. The summed E-state index contributed by atoms with van der Waals surface area (Å²) in [7, 11) is -3.63. The number of hydrogen-bond acceptors (Lipinski definition) is 5. The number of aromatic nitrogens is 3. The second-order valence-electron chi connectivity index (χ2n) is 6.30. The van der Waals surface area contributed by atoms with Gasteiger partial charge in [-0.3, -0.25) is 4.98 Å². The predicted molar refractivity (Wildman–Crippen MR) is 94.3 cm³/mol. The lowest BCUT2D eigenvalue weighted by Gasteiger charge is -2.31. The summed E-state index contributed by atoms with van der Waals surface area (Å²) in [6.07, 6.45) is 7.46. The molecule has 0 radical (unpaired) electrons. The van der Waals surface area contributed by atoms with E-state index in [1.54, 1.807) is 29.4 Å². The van der Waals surface area contributed by atoms with Crippen molar-refractivity contribution < 1.29 is 13.2 Å². The van der Waals surface area contributed by atoms with Gasteiger partial charge in [-0.05, 0) is 26.7 Å². The van der Waals surface area contributed by atoms with Gasteiger partial charge in [0.2, 0.25) is 0 Å². The number of piperidine rings is 1. The van der Waals surface area contributed by atoms with Crippen LogP contribution in [0.5, 0.6) is 5.75 Å². The van der Waals surface area contributed by atoms with Gasteiger partial charge in [-0.2, -0.15) is 4.31 Å². The largest absolute Gasteiger partial charge is 0.487 e. The molecule has 7 nitrogen and oxygen atoms in total. The lowest BCUT2D eigenvalue weighted by atomic mass is 10.1. The Morgan fingerprint density at radius 2 is 2.20 bits per heavy atom. The van der Waals surface area contributed by atoms with Crippen LogP contribution in [0.25, 0.3) is 0 Å². The zero-order valence-electron chi connectivity index (χ0n) is 14.2. The summed E-state index contributed by atoms with van der Waals surface area (Å²) in [5, 5.41) is 0.488. The van der Waals surface area contributed by atoms with Gasteiger partial charge < -0.3 is 9.30 Å². The number of halogens is 1. The molecule has 9 heteroatoms. The van der Waals surface area contributed by atoms with Crippen molar-refractivity contribution in [3.63, 3.8) is 0 Å². The van der Waals surface area contributed by atoms with E-state index in [2.05, 4.69) is 9.97 Å². The third-order valence-corrected chi connectivity index (χ3v) is 6.18. The maximum Gasteiger partial charge on any atom is 0.262 e. The van der Waals surface area contributed by atoms with Crippen LogP contribution in [0, 0.1) is 0 Å². The molecular formula is C16H21ClN4O3S. The Labute approximate surface area is 152 Å². The van der Waals surface area contributed by atoms with Gasteiger partial charge in [0.05, 0.1) is 12.9 Å². The van der Waals surface area contributed by atoms with Crippen molar-refractivity contribution in [2.45, 2.75) is 43.9 Å². The van der Waals surface area contributed by atoms with Crippen LogP contribution >= 0.6 is 11.6 Å². The maximum absolute atomic E-state index is 12.8. The quantitative estimate of drug-likeness (QED) is 0.792. The van der Waals surface area contributed by atoms with Crippen LogP contribution in [0.2, 0.25) is 5.02 Å². The van der Waals surface area contributed by atoms with Crippen molar-refractivity contribution >= 4 is 21.6 Å². The Morgan fingerprint density at radius 1 is 1.40 bits per heavy atom. The van der Waals surface area contributed by atoms with E-state index in [9.17, 15) is 8.42 Å². The molecule has 0 amide bonds. The summed E-state index contributed by atoms with van der Waals surface area (Å²) in [5.74, 6) is 0.519. The number of pyridine rings is 1. The van der Waals surface area contributed by atoms with Crippen LogP contribution in [0.3, 0.4) is 0 Å². The molecule has 1 atom stereocenters. The topological polar surface area (TPSA) is 77.3 Å². The zero-order chi connectivity index (χ0) is 18.0. The third-order valence-electron chi connectivity index (χ3n) is 4.15. The first-order chi connectivity index (χ1) is 11.9. The molecule has 0 N–H and O–H groups in total. The molecule has 1 saturated heterocycles. The van der Waals surface area contributed by atoms with E-state index < -0.39 is 10.0 Å². The van der Waals surface area contributed by atoms with Crippen molar-refractivity contribution in [2.24, 2.45) is 0 Å². The molecule has 3 rings (SSSR count). The van der Waals surface area contributed by atoms with E-state index >= 15 is 0 Å².